The van der Waals surface area contributed by atoms with Crippen molar-refractivity contribution in [3.05, 3.63) is 35.8 Å². The number of hydrogen-bond acceptors (Lipinski definition) is 7. The minimum absolute atomic E-state index is 0.172. The maximum atomic E-state index is 9.81. The molecule has 0 aliphatic heterocycles. The number of nitrogens with zero attached hydrogens (tertiary/aromatic N) is 4. The number of aliphatic hydroxyl groups excluding tert-OH is 1. The van der Waals surface area contributed by atoms with E-state index >= 15 is 0 Å². The summed E-state index contributed by atoms with van der Waals surface area (Å²) in [6.45, 7) is 0. The van der Waals surface area contributed by atoms with Crippen molar-refractivity contribution >= 4 is 17.5 Å². The van der Waals surface area contributed by atoms with Gasteiger partial charge >= 0.3 is 0 Å². The molecule has 2 heterocycles. The smallest absolute Gasteiger partial charge is 0.229 e. The van der Waals surface area contributed by atoms with E-state index in [0.717, 1.165) is 37.2 Å². The Morgan fingerprint density at radius 1 is 1.03 bits per heavy atom. The fourth-order valence-electron chi connectivity index (χ4n) is 4.39. The third kappa shape index (κ3) is 5.01. The largest absolute Gasteiger partial charge is 0.393 e. The molecule has 0 unspecified atom stereocenters. The van der Waals surface area contributed by atoms with Crippen LogP contribution in [0.15, 0.2) is 24.5 Å². The maximum absolute atomic E-state index is 9.81. The normalized spacial score (nSPS) is 22.6. The molecule has 152 valence electrons. The Kier molecular flexibility index (Phi) is 6.20. The zero-order valence-electron chi connectivity index (χ0n) is 16.6. The lowest BCUT2D eigenvalue weighted by Crippen LogP contribution is -2.29. The van der Waals surface area contributed by atoms with E-state index in [-0.39, 0.29) is 6.10 Å². The van der Waals surface area contributed by atoms with Crippen molar-refractivity contribution in [3.8, 4) is 6.07 Å². The van der Waals surface area contributed by atoms with Crippen molar-refractivity contribution in [3.63, 3.8) is 0 Å². The molecule has 0 aromatic carbocycles. The molecule has 2 aliphatic rings. The van der Waals surface area contributed by atoms with Crippen LogP contribution >= 0.6 is 0 Å². The van der Waals surface area contributed by atoms with Gasteiger partial charge in [-0.05, 0) is 56.6 Å². The average Bonchev–Trinajstić information content (AvgIpc) is 2.76. The van der Waals surface area contributed by atoms with Gasteiger partial charge in [-0.2, -0.15) is 10.2 Å². The van der Waals surface area contributed by atoms with E-state index in [1.165, 1.54) is 37.7 Å². The summed E-state index contributed by atoms with van der Waals surface area (Å²) in [5.41, 5.74) is 2.30. The average molecular weight is 393 g/mol. The van der Waals surface area contributed by atoms with Crippen LogP contribution in [-0.4, -0.2) is 32.2 Å². The molecule has 0 atom stereocenters. The first-order valence-electron chi connectivity index (χ1n) is 10.7. The Bertz CT molecular complexity index is 866. The van der Waals surface area contributed by atoms with Crippen LogP contribution in [0.1, 0.15) is 75.0 Å². The predicted octanol–water partition coefficient (Wildman–Crippen LogP) is 4.25. The topological polar surface area (TPSA) is 107 Å². The van der Waals surface area contributed by atoms with Gasteiger partial charge in [-0.15, -0.1) is 0 Å². The van der Waals surface area contributed by atoms with Gasteiger partial charge in [0.25, 0.3) is 0 Å². The number of rotatable bonds is 5. The van der Waals surface area contributed by atoms with Gasteiger partial charge < -0.3 is 15.7 Å². The number of pyridine rings is 1. The molecule has 2 saturated carbocycles. The highest BCUT2D eigenvalue weighted by Gasteiger charge is 2.24. The lowest BCUT2D eigenvalue weighted by molar-refractivity contribution is 0.126. The second-order valence-corrected chi connectivity index (χ2v) is 8.15. The molecule has 2 aromatic rings. The number of aliphatic hydroxyl groups is 1. The molecule has 0 amide bonds. The Morgan fingerprint density at radius 3 is 2.59 bits per heavy atom. The van der Waals surface area contributed by atoms with Crippen molar-refractivity contribution in [2.75, 3.05) is 10.6 Å². The minimum Gasteiger partial charge on any atom is -0.393 e. The van der Waals surface area contributed by atoms with E-state index < -0.39 is 0 Å². The Balaban J connectivity index is 1.57. The molecule has 7 heteroatoms. The van der Waals surface area contributed by atoms with E-state index in [9.17, 15) is 5.11 Å². The number of aromatic nitrogens is 3. The van der Waals surface area contributed by atoms with Gasteiger partial charge in [-0.25, -0.2) is 9.97 Å². The van der Waals surface area contributed by atoms with Gasteiger partial charge in [0.15, 0.2) is 0 Å². The summed E-state index contributed by atoms with van der Waals surface area (Å²) in [5.74, 6) is 1.92. The third-order valence-corrected chi connectivity index (χ3v) is 6.03. The molecule has 3 N–H and O–H groups in total. The van der Waals surface area contributed by atoms with Gasteiger partial charge in [0.05, 0.1) is 6.10 Å². The molecule has 0 saturated heterocycles. The lowest BCUT2D eigenvalue weighted by atomic mass is 9.84. The fraction of sp³-hybridized carbons (Fsp3) is 0.545. The number of nitriles is 1. The van der Waals surface area contributed by atoms with Gasteiger partial charge in [0, 0.05) is 29.7 Å². The lowest BCUT2D eigenvalue weighted by Gasteiger charge is -2.29. The molecule has 0 spiro atoms. The number of nitrogens with one attached hydrogen (secondary N) is 2. The van der Waals surface area contributed by atoms with Crippen LogP contribution in [0.25, 0.3) is 0 Å². The van der Waals surface area contributed by atoms with E-state index in [1.807, 2.05) is 12.3 Å². The van der Waals surface area contributed by atoms with Crippen molar-refractivity contribution in [1.82, 2.24) is 15.0 Å². The molecular formula is C22H28N6O. The quantitative estimate of drug-likeness (QED) is 0.698. The van der Waals surface area contributed by atoms with Crippen LogP contribution in [0.5, 0.6) is 0 Å². The monoisotopic (exact) mass is 392 g/mol. The van der Waals surface area contributed by atoms with Crippen molar-refractivity contribution in [1.29, 1.82) is 5.26 Å². The first kappa shape index (κ1) is 19.6. The highest BCUT2D eigenvalue weighted by Crippen LogP contribution is 2.36. The summed E-state index contributed by atoms with van der Waals surface area (Å²) in [7, 11) is 0. The molecule has 0 bridgehead atoms. The first-order valence-corrected chi connectivity index (χ1v) is 10.7. The molecule has 2 aromatic heterocycles. The Labute approximate surface area is 171 Å². The van der Waals surface area contributed by atoms with E-state index in [0.29, 0.717) is 23.6 Å². The molecule has 0 radical (unpaired) electrons. The third-order valence-electron chi connectivity index (χ3n) is 6.03. The summed E-state index contributed by atoms with van der Waals surface area (Å²) in [4.78, 5) is 13.4. The van der Waals surface area contributed by atoms with Gasteiger partial charge in [0.2, 0.25) is 5.95 Å². The summed E-state index contributed by atoms with van der Waals surface area (Å²) in [5, 5.41) is 25.7. The van der Waals surface area contributed by atoms with Crippen molar-refractivity contribution < 1.29 is 5.11 Å². The predicted molar refractivity (Wildman–Crippen MR) is 112 cm³/mol. The van der Waals surface area contributed by atoms with E-state index in [2.05, 4.69) is 20.6 Å². The minimum atomic E-state index is -0.172. The summed E-state index contributed by atoms with van der Waals surface area (Å²) in [6, 6.07) is 5.87. The second-order valence-electron chi connectivity index (χ2n) is 8.15. The zero-order valence-corrected chi connectivity index (χ0v) is 16.6. The van der Waals surface area contributed by atoms with Crippen molar-refractivity contribution in [2.45, 2.75) is 75.9 Å². The van der Waals surface area contributed by atoms with Gasteiger partial charge in [0.1, 0.15) is 17.6 Å². The second kappa shape index (κ2) is 9.19. The number of hydrogen-bond donors (Lipinski definition) is 3. The van der Waals surface area contributed by atoms with Gasteiger partial charge in [-0.1, -0.05) is 19.3 Å². The van der Waals surface area contributed by atoms with Crippen LogP contribution in [0.3, 0.4) is 0 Å². The Morgan fingerprint density at radius 2 is 1.83 bits per heavy atom. The summed E-state index contributed by atoms with van der Waals surface area (Å²) >= 11 is 0. The van der Waals surface area contributed by atoms with E-state index in [4.69, 9.17) is 10.2 Å². The SMILES string of the molecule is N#Cc1cc(Nc2ncc(C3CCCCC3)c(NC3CCC(O)CC3)n2)ccn1. The molecule has 29 heavy (non-hydrogen) atoms. The molecular weight excluding hydrogens is 364 g/mol. The van der Waals surface area contributed by atoms with Gasteiger partial charge in [-0.3, -0.25) is 0 Å². The summed E-state index contributed by atoms with van der Waals surface area (Å²) in [6.07, 6.45) is 13.2. The Hall–Kier alpha value is -2.72. The highest BCUT2D eigenvalue weighted by molar-refractivity contribution is 5.57. The number of anilines is 3. The van der Waals surface area contributed by atoms with Crippen molar-refractivity contribution in [2.24, 2.45) is 0 Å². The van der Waals surface area contributed by atoms with Crippen LogP contribution in [-0.2, 0) is 0 Å². The molecule has 4 rings (SSSR count). The molecule has 7 nitrogen and oxygen atoms in total. The highest BCUT2D eigenvalue weighted by atomic mass is 16.3. The fourth-order valence-corrected chi connectivity index (χ4v) is 4.39. The van der Waals surface area contributed by atoms with E-state index in [1.54, 1.807) is 18.3 Å². The molecule has 2 aliphatic carbocycles. The first-order chi connectivity index (χ1) is 14.2. The standard InChI is InChI=1S/C22H28N6O/c23-13-18-12-17(10-11-24-18)27-22-25-14-20(15-4-2-1-3-5-15)21(28-22)26-16-6-8-19(29)9-7-16/h10-12,14-16,19,29H,1-9H2,(H2,24,25,26,27,28). The zero-order chi connectivity index (χ0) is 20.1. The van der Waals surface area contributed by atoms with Crippen LogP contribution in [0.2, 0.25) is 0 Å². The van der Waals surface area contributed by atoms with Crippen LogP contribution < -0.4 is 10.6 Å². The summed E-state index contributed by atoms with van der Waals surface area (Å²) < 4.78 is 0. The van der Waals surface area contributed by atoms with Crippen LogP contribution in [0.4, 0.5) is 17.5 Å². The van der Waals surface area contributed by atoms with Crippen LogP contribution in [0, 0.1) is 11.3 Å². The molecule has 2 fully saturated rings. The maximum Gasteiger partial charge on any atom is 0.229 e.